The number of ether oxygens (including phenoxy) is 1. The summed E-state index contributed by atoms with van der Waals surface area (Å²) in [5, 5.41) is 3.74. The van der Waals surface area contributed by atoms with E-state index in [0.29, 0.717) is 11.5 Å². The van der Waals surface area contributed by atoms with Crippen LogP contribution in [0.5, 0.6) is 0 Å². The molecule has 0 unspecified atom stereocenters. The molecule has 0 aliphatic heterocycles. The van der Waals surface area contributed by atoms with Crippen molar-refractivity contribution < 1.29 is 14.1 Å². The molecule has 0 amide bonds. The summed E-state index contributed by atoms with van der Waals surface area (Å²) < 4.78 is 10.8. The van der Waals surface area contributed by atoms with Gasteiger partial charge < -0.3 is 9.26 Å². The van der Waals surface area contributed by atoms with Crippen LogP contribution in [-0.2, 0) is 16.1 Å². The molecular formula is C14H12BrNO3. The Balaban J connectivity index is 1.89. The lowest BCUT2D eigenvalue weighted by atomic mass is 10.2. The first kappa shape index (κ1) is 13.5. The van der Waals surface area contributed by atoms with E-state index in [4.69, 9.17) is 9.26 Å². The number of benzene rings is 1. The maximum Gasteiger partial charge on any atom is 0.331 e. The molecule has 98 valence electrons. The maximum absolute atomic E-state index is 11.5. The Morgan fingerprint density at radius 1 is 1.47 bits per heavy atom. The van der Waals surface area contributed by atoms with Crippen LogP contribution < -0.4 is 0 Å². The van der Waals surface area contributed by atoms with E-state index in [9.17, 15) is 4.79 Å². The van der Waals surface area contributed by atoms with Gasteiger partial charge in [-0.1, -0.05) is 39.3 Å². The molecule has 0 aliphatic rings. The Bertz CT molecular complexity index is 604. The third-order valence-electron chi connectivity index (χ3n) is 2.34. The Morgan fingerprint density at radius 3 is 2.95 bits per heavy atom. The van der Waals surface area contributed by atoms with Crippen molar-refractivity contribution in [2.45, 2.75) is 13.5 Å². The number of aryl methyl sites for hydroxylation is 1. The number of esters is 1. The summed E-state index contributed by atoms with van der Waals surface area (Å²) in [5.41, 5.74) is 1.51. The summed E-state index contributed by atoms with van der Waals surface area (Å²) in [6.07, 6.45) is 3.08. The smallest absolute Gasteiger partial charge is 0.331 e. The van der Waals surface area contributed by atoms with Crippen LogP contribution in [0.4, 0.5) is 0 Å². The highest BCUT2D eigenvalue weighted by Gasteiger charge is 2.03. The van der Waals surface area contributed by atoms with E-state index in [2.05, 4.69) is 21.1 Å². The normalized spacial score (nSPS) is 10.8. The van der Waals surface area contributed by atoms with Crippen LogP contribution >= 0.6 is 15.9 Å². The van der Waals surface area contributed by atoms with Crippen molar-refractivity contribution in [2.75, 3.05) is 0 Å². The fourth-order valence-corrected chi connectivity index (χ4v) is 1.86. The molecule has 0 N–H and O–H groups in total. The van der Waals surface area contributed by atoms with Crippen molar-refractivity contribution >= 4 is 28.0 Å². The predicted molar refractivity (Wildman–Crippen MR) is 74.2 cm³/mol. The number of carbonyl (C=O) groups excluding carboxylic acids is 1. The molecule has 0 atom stereocenters. The lowest BCUT2D eigenvalue weighted by Crippen LogP contribution is -2.00. The van der Waals surface area contributed by atoms with Gasteiger partial charge in [0.2, 0.25) is 0 Å². The highest BCUT2D eigenvalue weighted by atomic mass is 79.9. The van der Waals surface area contributed by atoms with Crippen LogP contribution in [0.2, 0.25) is 0 Å². The van der Waals surface area contributed by atoms with Crippen molar-refractivity contribution in [3.05, 3.63) is 57.9 Å². The quantitative estimate of drug-likeness (QED) is 0.638. The number of aromatic nitrogens is 1. The molecule has 0 aliphatic carbocycles. The number of rotatable bonds is 4. The van der Waals surface area contributed by atoms with E-state index in [1.165, 1.54) is 6.08 Å². The summed E-state index contributed by atoms with van der Waals surface area (Å²) in [4.78, 5) is 11.5. The molecule has 2 aromatic rings. The lowest BCUT2D eigenvalue weighted by Gasteiger charge is -1.99. The number of hydrogen-bond donors (Lipinski definition) is 0. The largest absolute Gasteiger partial charge is 0.456 e. The van der Waals surface area contributed by atoms with Gasteiger partial charge in [-0.15, -0.1) is 0 Å². The van der Waals surface area contributed by atoms with Gasteiger partial charge in [-0.25, -0.2) is 4.79 Å². The van der Waals surface area contributed by atoms with Crippen molar-refractivity contribution in [3.8, 4) is 0 Å². The molecular weight excluding hydrogens is 310 g/mol. The summed E-state index contributed by atoms with van der Waals surface area (Å²) >= 11 is 3.40. The highest BCUT2D eigenvalue weighted by Crippen LogP contribution is 2.17. The third-order valence-corrected chi connectivity index (χ3v) is 3.07. The SMILES string of the molecule is Cc1cc(COC(=O)/C=C/c2ccccc2Br)no1. The highest BCUT2D eigenvalue weighted by molar-refractivity contribution is 9.10. The van der Waals surface area contributed by atoms with Gasteiger partial charge in [-0.3, -0.25) is 0 Å². The van der Waals surface area contributed by atoms with Crippen molar-refractivity contribution in [2.24, 2.45) is 0 Å². The molecule has 1 aromatic heterocycles. The van der Waals surface area contributed by atoms with Crippen LogP contribution in [0.1, 0.15) is 17.0 Å². The zero-order chi connectivity index (χ0) is 13.7. The first-order chi connectivity index (χ1) is 9.15. The molecule has 0 bridgehead atoms. The minimum Gasteiger partial charge on any atom is -0.456 e. The number of nitrogens with zero attached hydrogens (tertiary/aromatic N) is 1. The number of carbonyl (C=O) groups is 1. The van der Waals surface area contributed by atoms with E-state index < -0.39 is 5.97 Å². The second-order valence-corrected chi connectivity index (χ2v) is 4.75. The van der Waals surface area contributed by atoms with Gasteiger partial charge in [0, 0.05) is 16.6 Å². The molecule has 0 saturated heterocycles. The van der Waals surface area contributed by atoms with Crippen molar-refractivity contribution in [1.29, 1.82) is 0 Å². The number of halogens is 1. The van der Waals surface area contributed by atoms with Gasteiger partial charge in [0.25, 0.3) is 0 Å². The van der Waals surface area contributed by atoms with Crippen LogP contribution in [-0.4, -0.2) is 11.1 Å². The fraction of sp³-hybridized carbons (Fsp3) is 0.143. The second-order valence-electron chi connectivity index (χ2n) is 3.89. The van der Waals surface area contributed by atoms with Gasteiger partial charge in [0.1, 0.15) is 18.1 Å². The van der Waals surface area contributed by atoms with E-state index in [0.717, 1.165) is 10.0 Å². The maximum atomic E-state index is 11.5. The van der Waals surface area contributed by atoms with E-state index >= 15 is 0 Å². The van der Waals surface area contributed by atoms with Gasteiger partial charge in [-0.05, 0) is 24.6 Å². The van der Waals surface area contributed by atoms with Gasteiger partial charge in [0.05, 0.1) is 0 Å². The van der Waals surface area contributed by atoms with Crippen molar-refractivity contribution in [3.63, 3.8) is 0 Å². The van der Waals surface area contributed by atoms with Crippen molar-refractivity contribution in [1.82, 2.24) is 5.16 Å². The fourth-order valence-electron chi connectivity index (χ4n) is 1.45. The molecule has 4 nitrogen and oxygen atoms in total. The molecule has 5 heteroatoms. The zero-order valence-corrected chi connectivity index (χ0v) is 11.9. The molecule has 0 fully saturated rings. The van der Waals surface area contributed by atoms with Crippen LogP contribution in [0.15, 0.2) is 45.4 Å². The van der Waals surface area contributed by atoms with Crippen LogP contribution in [0.3, 0.4) is 0 Å². The van der Waals surface area contributed by atoms with Crippen LogP contribution in [0.25, 0.3) is 6.08 Å². The predicted octanol–water partition coefficient (Wildman–Crippen LogP) is 3.50. The minimum atomic E-state index is -0.420. The average molecular weight is 322 g/mol. The summed E-state index contributed by atoms with van der Waals surface area (Å²) in [7, 11) is 0. The number of hydrogen-bond acceptors (Lipinski definition) is 4. The van der Waals surface area contributed by atoms with Crippen LogP contribution in [0, 0.1) is 6.92 Å². The zero-order valence-electron chi connectivity index (χ0n) is 10.3. The molecule has 1 heterocycles. The molecule has 19 heavy (non-hydrogen) atoms. The second kappa shape index (κ2) is 6.33. The Hall–Kier alpha value is -1.88. The molecule has 0 spiro atoms. The summed E-state index contributed by atoms with van der Waals surface area (Å²) in [6, 6.07) is 9.34. The Morgan fingerprint density at radius 2 is 2.26 bits per heavy atom. The molecule has 2 rings (SSSR count). The summed E-state index contributed by atoms with van der Waals surface area (Å²) in [6.45, 7) is 1.89. The monoisotopic (exact) mass is 321 g/mol. The first-order valence-electron chi connectivity index (χ1n) is 5.67. The standard InChI is InChI=1S/C14H12BrNO3/c1-10-8-12(16-19-10)9-18-14(17)7-6-11-4-2-3-5-13(11)15/h2-8H,9H2,1H3/b7-6+. The molecule has 0 radical (unpaired) electrons. The molecule has 0 saturated carbocycles. The van der Waals surface area contributed by atoms with Gasteiger partial charge in [0.15, 0.2) is 0 Å². The third kappa shape index (κ3) is 4.06. The van der Waals surface area contributed by atoms with Gasteiger partial charge in [-0.2, -0.15) is 0 Å². The van der Waals surface area contributed by atoms with E-state index in [1.54, 1.807) is 19.1 Å². The average Bonchev–Trinajstić information content (AvgIpc) is 2.81. The Labute approximate surface area is 119 Å². The van der Waals surface area contributed by atoms with Gasteiger partial charge >= 0.3 is 5.97 Å². The topological polar surface area (TPSA) is 52.3 Å². The summed E-state index contributed by atoms with van der Waals surface area (Å²) in [5.74, 6) is 0.270. The lowest BCUT2D eigenvalue weighted by molar-refractivity contribution is -0.139. The van der Waals surface area contributed by atoms with E-state index in [-0.39, 0.29) is 6.61 Å². The first-order valence-corrected chi connectivity index (χ1v) is 6.46. The molecule has 1 aromatic carbocycles. The van der Waals surface area contributed by atoms with E-state index in [1.807, 2.05) is 24.3 Å². The minimum absolute atomic E-state index is 0.108. The Kier molecular flexibility index (Phi) is 4.52.